The topological polar surface area (TPSA) is 72.9 Å². The number of halogens is 1. The van der Waals surface area contributed by atoms with Gasteiger partial charge in [-0.15, -0.1) is 0 Å². The van der Waals surface area contributed by atoms with Crippen LogP contribution in [0.15, 0.2) is 47.4 Å². The second kappa shape index (κ2) is 9.61. The Kier molecular flexibility index (Phi) is 7.16. The molecule has 6 nitrogen and oxygen atoms in total. The van der Waals surface area contributed by atoms with Crippen LogP contribution in [0.3, 0.4) is 0 Å². The molecule has 2 aromatic rings. The van der Waals surface area contributed by atoms with Gasteiger partial charge in [0.15, 0.2) is 0 Å². The van der Waals surface area contributed by atoms with Crippen molar-refractivity contribution in [3.8, 4) is 5.75 Å². The first-order valence-electron chi connectivity index (χ1n) is 9.51. The van der Waals surface area contributed by atoms with Crippen LogP contribution in [-0.4, -0.2) is 45.5 Å². The summed E-state index contributed by atoms with van der Waals surface area (Å²) in [4.78, 5) is 12.5. The summed E-state index contributed by atoms with van der Waals surface area (Å²) in [6.45, 7) is 1.14. The number of hydrogen-bond acceptors (Lipinski definition) is 5. The maximum atomic E-state index is 12.8. The number of methoxy groups -OCH3 is 1. The van der Waals surface area contributed by atoms with Crippen molar-refractivity contribution in [1.82, 2.24) is 4.31 Å². The Hall–Kier alpha value is -2.09. The minimum atomic E-state index is -3.65. The number of piperidine rings is 1. The van der Waals surface area contributed by atoms with Crippen LogP contribution < -0.4 is 4.74 Å². The molecule has 0 N–H and O–H groups in total. The number of carbonyl (C=O) groups excluding carboxylic acids is 1. The number of carbonyl (C=O) groups is 1. The molecule has 1 fully saturated rings. The van der Waals surface area contributed by atoms with E-state index in [2.05, 4.69) is 0 Å². The number of nitrogens with zero attached hydrogens (tertiary/aromatic N) is 1. The number of esters is 1. The van der Waals surface area contributed by atoms with Crippen LogP contribution in [0, 0.1) is 0 Å². The molecule has 2 aromatic carbocycles. The molecule has 0 radical (unpaired) electrons. The highest BCUT2D eigenvalue weighted by atomic mass is 35.5. The second-order valence-corrected chi connectivity index (χ2v) is 9.19. The average molecular weight is 438 g/mol. The van der Waals surface area contributed by atoms with Crippen molar-refractivity contribution in [3.05, 3.63) is 58.6 Å². The van der Waals surface area contributed by atoms with Gasteiger partial charge in [0, 0.05) is 19.5 Å². The molecular formula is C21H24ClNO5S. The average Bonchev–Trinajstić information content (AvgIpc) is 2.75. The van der Waals surface area contributed by atoms with Crippen molar-refractivity contribution in [2.24, 2.45) is 0 Å². The van der Waals surface area contributed by atoms with Crippen molar-refractivity contribution in [2.45, 2.75) is 30.6 Å². The summed E-state index contributed by atoms with van der Waals surface area (Å²) >= 11 is 6.13. The van der Waals surface area contributed by atoms with Gasteiger partial charge >= 0.3 is 5.97 Å². The van der Waals surface area contributed by atoms with E-state index in [1.165, 1.54) is 22.5 Å². The largest absolute Gasteiger partial charge is 0.497 e. The Labute approximate surface area is 176 Å². The summed E-state index contributed by atoms with van der Waals surface area (Å²) in [5.41, 5.74) is 1.05. The lowest BCUT2D eigenvalue weighted by atomic mass is 10.1. The normalized spacial score (nSPS) is 15.1. The van der Waals surface area contributed by atoms with Crippen LogP contribution in [0.25, 0.3) is 0 Å². The fraction of sp³-hybridized carbons (Fsp3) is 0.381. The predicted octanol–water partition coefficient (Wildman–Crippen LogP) is 3.92. The van der Waals surface area contributed by atoms with Gasteiger partial charge in [-0.2, -0.15) is 4.31 Å². The fourth-order valence-electron chi connectivity index (χ4n) is 3.21. The van der Waals surface area contributed by atoms with Crippen LogP contribution >= 0.6 is 11.6 Å². The van der Waals surface area contributed by atoms with Crippen molar-refractivity contribution in [1.29, 1.82) is 0 Å². The van der Waals surface area contributed by atoms with Gasteiger partial charge in [0.1, 0.15) is 5.75 Å². The molecule has 1 aliphatic heterocycles. The van der Waals surface area contributed by atoms with E-state index in [0.717, 1.165) is 30.6 Å². The van der Waals surface area contributed by atoms with E-state index in [4.69, 9.17) is 21.1 Å². The van der Waals surface area contributed by atoms with Crippen LogP contribution in [0.5, 0.6) is 5.75 Å². The molecule has 1 saturated heterocycles. The molecule has 0 spiro atoms. The Balaban J connectivity index is 1.67. The smallest absolute Gasteiger partial charge is 0.339 e. The molecule has 0 bridgehead atoms. The van der Waals surface area contributed by atoms with Gasteiger partial charge in [0.25, 0.3) is 0 Å². The zero-order chi connectivity index (χ0) is 20.9. The number of hydrogen-bond donors (Lipinski definition) is 0. The summed E-state index contributed by atoms with van der Waals surface area (Å²) in [5, 5.41) is 0.164. The van der Waals surface area contributed by atoms with E-state index in [1.54, 1.807) is 7.11 Å². The zero-order valence-corrected chi connectivity index (χ0v) is 17.8. The molecule has 0 atom stereocenters. The number of rotatable bonds is 7. The van der Waals surface area contributed by atoms with E-state index < -0.39 is 16.0 Å². The van der Waals surface area contributed by atoms with Crippen LogP contribution in [0.1, 0.15) is 35.2 Å². The molecule has 0 saturated carbocycles. The van der Waals surface area contributed by atoms with Gasteiger partial charge in [-0.1, -0.05) is 30.2 Å². The lowest BCUT2D eigenvalue weighted by Crippen LogP contribution is -2.35. The third-order valence-electron chi connectivity index (χ3n) is 4.89. The van der Waals surface area contributed by atoms with Crippen LogP contribution in [-0.2, 0) is 21.2 Å². The lowest BCUT2D eigenvalue weighted by molar-refractivity contribution is 0.0509. The number of benzene rings is 2. The Morgan fingerprint density at radius 3 is 2.41 bits per heavy atom. The Morgan fingerprint density at radius 1 is 1.07 bits per heavy atom. The van der Waals surface area contributed by atoms with Crippen molar-refractivity contribution in [2.75, 3.05) is 26.8 Å². The van der Waals surface area contributed by atoms with Gasteiger partial charge < -0.3 is 9.47 Å². The third-order valence-corrected chi connectivity index (χ3v) is 7.12. The quantitative estimate of drug-likeness (QED) is 0.614. The van der Waals surface area contributed by atoms with E-state index in [9.17, 15) is 13.2 Å². The van der Waals surface area contributed by atoms with Crippen molar-refractivity contribution >= 4 is 27.6 Å². The summed E-state index contributed by atoms with van der Waals surface area (Å²) in [5.74, 6) is 0.114. The summed E-state index contributed by atoms with van der Waals surface area (Å²) in [6, 6.07) is 11.6. The molecular weight excluding hydrogens is 414 g/mol. The SMILES string of the molecule is COc1ccc(CCOC(=O)c2cc(S(=O)(=O)N3CCCCC3)ccc2Cl)cc1. The standard InChI is InChI=1S/C21H24ClNO5S/c1-27-17-7-5-16(6-8-17)11-14-28-21(24)19-15-18(9-10-20(19)22)29(25,26)23-12-3-2-4-13-23/h5-10,15H,2-4,11-14H2,1H3. The summed E-state index contributed by atoms with van der Waals surface area (Å²) < 4.78 is 37.6. The molecule has 1 heterocycles. The fourth-order valence-corrected chi connectivity index (χ4v) is 4.95. The highest BCUT2D eigenvalue weighted by Gasteiger charge is 2.27. The first-order chi connectivity index (χ1) is 13.9. The highest BCUT2D eigenvalue weighted by molar-refractivity contribution is 7.89. The molecule has 1 aliphatic rings. The molecule has 156 valence electrons. The van der Waals surface area contributed by atoms with Gasteiger partial charge in [0.2, 0.25) is 10.0 Å². The lowest BCUT2D eigenvalue weighted by Gasteiger charge is -2.26. The number of sulfonamides is 1. The van der Waals surface area contributed by atoms with Crippen molar-refractivity contribution < 1.29 is 22.7 Å². The van der Waals surface area contributed by atoms with Gasteiger partial charge in [0.05, 0.1) is 29.2 Å². The minimum absolute atomic E-state index is 0.0551. The molecule has 8 heteroatoms. The molecule has 0 unspecified atom stereocenters. The van der Waals surface area contributed by atoms with Gasteiger partial charge in [-0.3, -0.25) is 0 Å². The first kappa shape index (κ1) is 21.6. The summed E-state index contributed by atoms with van der Waals surface area (Å²) in [7, 11) is -2.05. The monoisotopic (exact) mass is 437 g/mol. The van der Waals surface area contributed by atoms with Crippen LogP contribution in [0.2, 0.25) is 5.02 Å². The zero-order valence-electron chi connectivity index (χ0n) is 16.3. The molecule has 0 aliphatic carbocycles. The number of ether oxygens (including phenoxy) is 2. The highest BCUT2D eigenvalue weighted by Crippen LogP contribution is 2.25. The maximum Gasteiger partial charge on any atom is 0.339 e. The minimum Gasteiger partial charge on any atom is -0.497 e. The second-order valence-electron chi connectivity index (χ2n) is 6.84. The van der Waals surface area contributed by atoms with E-state index in [-0.39, 0.29) is 22.1 Å². The van der Waals surface area contributed by atoms with E-state index in [0.29, 0.717) is 19.5 Å². The summed E-state index contributed by atoms with van der Waals surface area (Å²) in [6.07, 6.45) is 3.23. The third kappa shape index (κ3) is 5.29. The van der Waals surface area contributed by atoms with Gasteiger partial charge in [-0.25, -0.2) is 13.2 Å². The van der Waals surface area contributed by atoms with E-state index >= 15 is 0 Å². The Bertz CT molecular complexity index is 954. The Morgan fingerprint density at radius 2 is 1.76 bits per heavy atom. The molecule has 29 heavy (non-hydrogen) atoms. The molecule has 0 amide bonds. The first-order valence-corrected chi connectivity index (χ1v) is 11.3. The van der Waals surface area contributed by atoms with Crippen LogP contribution in [0.4, 0.5) is 0 Å². The maximum absolute atomic E-state index is 12.8. The molecule has 0 aromatic heterocycles. The predicted molar refractivity (Wildman–Crippen MR) is 111 cm³/mol. The molecule has 3 rings (SSSR count). The van der Waals surface area contributed by atoms with E-state index in [1.807, 2.05) is 24.3 Å². The van der Waals surface area contributed by atoms with Gasteiger partial charge in [-0.05, 0) is 48.7 Å². The van der Waals surface area contributed by atoms with Crippen molar-refractivity contribution in [3.63, 3.8) is 0 Å².